The van der Waals surface area contributed by atoms with Crippen molar-refractivity contribution in [3.8, 4) is 0 Å². The smallest absolute Gasteiger partial charge is 0.0546 e. The standard InChI is InChI=1S/C14H22ClNO/c1-4-17-10-13(9-16-11(2)3)12-5-7-14(15)8-6-12/h5-8,11,13,16H,4,9-10H2,1-3H3. The average molecular weight is 256 g/mol. The van der Waals surface area contributed by atoms with E-state index in [0.29, 0.717) is 12.0 Å². The molecule has 0 amide bonds. The normalized spacial score (nSPS) is 13.0. The van der Waals surface area contributed by atoms with Crippen LogP contribution in [0.5, 0.6) is 0 Å². The lowest BCUT2D eigenvalue weighted by atomic mass is 10.00. The van der Waals surface area contributed by atoms with E-state index >= 15 is 0 Å². The van der Waals surface area contributed by atoms with E-state index in [1.807, 2.05) is 19.1 Å². The van der Waals surface area contributed by atoms with Gasteiger partial charge in [0.05, 0.1) is 6.61 Å². The van der Waals surface area contributed by atoms with Crippen molar-refractivity contribution in [1.29, 1.82) is 0 Å². The minimum absolute atomic E-state index is 0.384. The molecule has 3 heteroatoms. The number of hydrogen-bond donors (Lipinski definition) is 1. The van der Waals surface area contributed by atoms with Crippen LogP contribution < -0.4 is 5.32 Å². The zero-order valence-corrected chi connectivity index (χ0v) is 11.6. The van der Waals surface area contributed by atoms with Crippen molar-refractivity contribution < 1.29 is 4.74 Å². The van der Waals surface area contributed by atoms with Crippen molar-refractivity contribution in [2.24, 2.45) is 0 Å². The first-order valence-corrected chi connectivity index (χ1v) is 6.57. The van der Waals surface area contributed by atoms with Gasteiger partial charge >= 0.3 is 0 Å². The van der Waals surface area contributed by atoms with E-state index in [2.05, 4.69) is 31.3 Å². The lowest BCUT2D eigenvalue weighted by molar-refractivity contribution is 0.131. The minimum atomic E-state index is 0.384. The molecular weight excluding hydrogens is 234 g/mol. The number of ether oxygens (including phenoxy) is 1. The van der Waals surface area contributed by atoms with E-state index in [1.165, 1.54) is 5.56 Å². The number of benzene rings is 1. The zero-order chi connectivity index (χ0) is 12.7. The molecule has 0 fully saturated rings. The molecule has 0 radical (unpaired) electrons. The summed E-state index contributed by atoms with van der Waals surface area (Å²) in [5.41, 5.74) is 1.27. The van der Waals surface area contributed by atoms with Crippen LogP contribution in [0.4, 0.5) is 0 Å². The van der Waals surface area contributed by atoms with Crippen LogP contribution in [-0.4, -0.2) is 25.8 Å². The van der Waals surface area contributed by atoms with Crippen molar-refractivity contribution in [3.63, 3.8) is 0 Å². The van der Waals surface area contributed by atoms with Crippen LogP contribution in [0, 0.1) is 0 Å². The highest BCUT2D eigenvalue weighted by atomic mass is 35.5. The van der Waals surface area contributed by atoms with Crippen LogP contribution in [0.2, 0.25) is 5.02 Å². The van der Waals surface area contributed by atoms with E-state index in [4.69, 9.17) is 16.3 Å². The minimum Gasteiger partial charge on any atom is -0.381 e. The number of halogens is 1. The molecule has 0 saturated heterocycles. The second-order valence-electron chi connectivity index (χ2n) is 4.47. The van der Waals surface area contributed by atoms with Crippen LogP contribution in [0.15, 0.2) is 24.3 Å². The molecule has 1 rings (SSSR count). The SMILES string of the molecule is CCOCC(CNC(C)C)c1ccc(Cl)cc1. The summed E-state index contributed by atoms with van der Waals surface area (Å²) >= 11 is 5.90. The lowest BCUT2D eigenvalue weighted by Gasteiger charge is -2.19. The summed E-state index contributed by atoms with van der Waals surface area (Å²) in [7, 11) is 0. The Labute approximate surface area is 109 Å². The van der Waals surface area contributed by atoms with Gasteiger partial charge in [-0.2, -0.15) is 0 Å². The van der Waals surface area contributed by atoms with Crippen LogP contribution >= 0.6 is 11.6 Å². The van der Waals surface area contributed by atoms with Gasteiger partial charge in [-0.25, -0.2) is 0 Å². The summed E-state index contributed by atoms with van der Waals surface area (Å²) < 4.78 is 5.54. The predicted octanol–water partition coefficient (Wildman–Crippen LogP) is 3.46. The first kappa shape index (κ1) is 14.5. The fourth-order valence-electron chi connectivity index (χ4n) is 1.65. The zero-order valence-electron chi connectivity index (χ0n) is 10.9. The maximum Gasteiger partial charge on any atom is 0.0546 e. The van der Waals surface area contributed by atoms with Gasteiger partial charge in [0.15, 0.2) is 0 Å². The van der Waals surface area contributed by atoms with Crippen molar-refractivity contribution in [3.05, 3.63) is 34.9 Å². The molecule has 96 valence electrons. The van der Waals surface area contributed by atoms with Gasteiger partial charge in [0.2, 0.25) is 0 Å². The Morgan fingerprint density at radius 2 is 1.88 bits per heavy atom. The second kappa shape index (κ2) is 7.70. The first-order chi connectivity index (χ1) is 8.13. The van der Waals surface area contributed by atoms with Crippen LogP contribution in [0.1, 0.15) is 32.3 Å². The van der Waals surface area contributed by atoms with Gasteiger partial charge in [-0.15, -0.1) is 0 Å². The summed E-state index contributed by atoms with van der Waals surface area (Å²) in [6.07, 6.45) is 0. The van der Waals surface area contributed by atoms with Crippen LogP contribution in [0.25, 0.3) is 0 Å². The molecule has 17 heavy (non-hydrogen) atoms. The molecule has 1 aromatic rings. The molecule has 0 spiro atoms. The fourth-order valence-corrected chi connectivity index (χ4v) is 1.77. The van der Waals surface area contributed by atoms with Crippen LogP contribution in [-0.2, 0) is 4.74 Å². The van der Waals surface area contributed by atoms with Crippen molar-refractivity contribution in [1.82, 2.24) is 5.32 Å². The number of rotatable bonds is 7. The molecule has 0 aliphatic carbocycles. The quantitative estimate of drug-likeness (QED) is 0.806. The Balaban J connectivity index is 2.63. The molecule has 2 nitrogen and oxygen atoms in total. The molecular formula is C14H22ClNO. The van der Waals surface area contributed by atoms with Gasteiger partial charge in [0.1, 0.15) is 0 Å². The van der Waals surface area contributed by atoms with E-state index in [9.17, 15) is 0 Å². The van der Waals surface area contributed by atoms with Gasteiger partial charge < -0.3 is 10.1 Å². The lowest BCUT2D eigenvalue weighted by Crippen LogP contribution is -2.30. The van der Waals surface area contributed by atoms with E-state index in [-0.39, 0.29) is 0 Å². The molecule has 1 aromatic carbocycles. The molecule has 1 atom stereocenters. The van der Waals surface area contributed by atoms with Crippen LogP contribution in [0.3, 0.4) is 0 Å². The van der Waals surface area contributed by atoms with Gasteiger partial charge in [-0.05, 0) is 24.6 Å². The number of hydrogen-bond acceptors (Lipinski definition) is 2. The number of nitrogens with one attached hydrogen (secondary N) is 1. The average Bonchev–Trinajstić information content (AvgIpc) is 2.30. The van der Waals surface area contributed by atoms with Gasteiger partial charge in [-0.1, -0.05) is 37.6 Å². The van der Waals surface area contributed by atoms with Gasteiger partial charge in [-0.3, -0.25) is 0 Å². The Kier molecular flexibility index (Phi) is 6.56. The molecule has 1 N–H and O–H groups in total. The molecule has 0 saturated carbocycles. The molecule has 0 aliphatic heterocycles. The monoisotopic (exact) mass is 255 g/mol. The Bertz CT molecular complexity index is 311. The summed E-state index contributed by atoms with van der Waals surface area (Å²) in [6.45, 7) is 8.76. The Morgan fingerprint density at radius 1 is 1.24 bits per heavy atom. The Hall–Kier alpha value is -0.570. The van der Waals surface area contributed by atoms with E-state index in [1.54, 1.807) is 0 Å². The van der Waals surface area contributed by atoms with Crippen molar-refractivity contribution in [2.45, 2.75) is 32.7 Å². The molecule has 0 aliphatic rings. The Morgan fingerprint density at radius 3 is 2.41 bits per heavy atom. The van der Waals surface area contributed by atoms with Gasteiger partial charge in [0, 0.05) is 30.1 Å². The van der Waals surface area contributed by atoms with E-state index < -0.39 is 0 Å². The fraction of sp³-hybridized carbons (Fsp3) is 0.571. The van der Waals surface area contributed by atoms with Crippen molar-refractivity contribution in [2.75, 3.05) is 19.8 Å². The first-order valence-electron chi connectivity index (χ1n) is 6.20. The third kappa shape index (κ3) is 5.53. The highest BCUT2D eigenvalue weighted by Gasteiger charge is 2.12. The largest absolute Gasteiger partial charge is 0.381 e. The summed E-state index contributed by atoms with van der Waals surface area (Å²) in [5, 5.41) is 4.23. The highest BCUT2D eigenvalue weighted by molar-refractivity contribution is 6.30. The summed E-state index contributed by atoms with van der Waals surface area (Å²) in [6, 6.07) is 8.52. The topological polar surface area (TPSA) is 21.3 Å². The van der Waals surface area contributed by atoms with Crippen molar-refractivity contribution >= 4 is 11.6 Å². The maximum atomic E-state index is 5.90. The van der Waals surface area contributed by atoms with E-state index in [0.717, 1.165) is 24.8 Å². The molecule has 1 unspecified atom stereocenters. The third-order valence-electron chi connectivity index (χ3n) is 2.64. The summed E-state index contributed by atoms with van der Waals surface area (Å²) in [5.74, 6) is 0.384. The maximum absolute atomic E-state index is 5.90. The summed E-state index contributed by atoms with van der Waals surface area (Å²) in [4.78, 5) is 0. The molecule has 0 heterocycles. The third-order valence-corrected chi connectivity index (χ3v) is 2.89. The van der Waals surface area contributed by atoms with Gasteiger partial charge in [0.25, 0.3) is 0 Å². The second-order valence-corrected chi connectivity index (χ2v) is 4.91. The highest BCUT2D eigenvalue weighted by Crippen LogP contribution is 2.18. The predicted molar refractivity (Wildman–Crippen MR) is 73.8 cm³/mol. The molecule has 0 aromatic heterocycles. The molecule has 0 bridgehead atoms.